The number of alkyl halides is 2. The molecule has 6 heteroatoms. The molecule has 1 fully saturated rings. The largest absolute Gasteiger partial charge is 0.448 e. The van der Waals surface area contributed by atoms with E-state index < -0.39 is 37.6 Å². The summed E-state index contributed by atoms with van der Waals surface area (Å²) in [7, 11) is 0. The van der Waals surface area contributed by atoms with Gasteiger partial charge in [-0.2, -0.15) is 0 Å². The van der Waals surface area contributed by atoms with Crippen LogP contribution in [0, 0.1) is 0 Å². The molecule has 1 aliphatic carbocycles. The summed E-state index contributed by atoms with van der Waals surface area (Å²) in [4.78, 5) is 13.3. The van der Waals surface area contributed by atoms with E-state index in [4.69, 9.17) is 4.74 Å². The summed E-state index contributed by atoms with van der Waals surface area (Å²) < 4.78 is 32.5. The van der Waals surface area contributed by atoms with Gasteiger partial charge in [-0.05, 0) is 22.3 Å². The van der Waals surface area contributed by atoms with Gasteiger partial charge in [0, 0.05) is 12.3 Å². The minimum absolute atomic E-state index is 0.0765. The predicted octanol–water partition coefficient (Wildman–Crippen LogP) is 3.64. The second-order valence-electron chi connectivity index (χ2n) is 6.83. The zero-order chi connectivity index (χ0) is 18.3. The molecule has 26 heavy (non-hydrogen) atoms. The number of fused-ring (bicyclic) bond motifs is 3. The average molecular weight is 359 g/mol. The van der Waals surface area contributed by atoms with Crippen LogP contribution in [0.5, 0.6) is 0 Å². The number of ether oxygens (including phenoxy) is 1. The first-order valence-electron chi connectivity index (χ1n) is 8.60. The first-order chi connectivity index (χ1) is 12.5. The third kappa shape index (κ3) is 2.84. The van der Waals surface area contributed by atoms with Crippen molar-refractivity contribution in [2.75, 3.05) is 19.8 Å². The zero-order valence-electron chi connectivity index (χ0n) is 14.1. The molecule has 0 saturated carbocycles. The highest BCUT2D eigenvalue weighted by Gasteiger charge is 2.47. The van der Waals surface area contributed by atoms with Crippen molar-refractivity contribution in [1.29, 1.82) is 0 Å². The number of hydrogen-bond acceptors (Lipinski definition) is 3. The number of hydrogen-bond donors (Lipinski definition) is 1. The van der Waals surface area contributed by atoms with E-state index in [1.807, 2.05) is 48.5 Å². The number of carbonyl (C=O) groups excluding carboxylic acids is 1. The summed E-state index contributed by atoms with van der Waals surface area (Å²) in [6.07, 6.45) is -1.34. The van der Waals surface area contributed by atoms with Gasteiger partial charge in [0.05, 0.1) is 19.2 Å². The molecule has 1 amide bonds. The summed E-state index contributed by atoms with van der Waals surface area (Å²) in [6, 6.07) is 14.9. The Morgan fingerprint density at radius 1 is 1.12 bits per heavy atom. The fourth-order valence-electron chi connectivity index (χ4n) is 3.95. The molecule has 136 valence electrons. The lowest BCUT2D eigenvalue weighted by Crippen LogP contribution is -2.39. The molecule has 1 heterocycles. The number of halogens is 2. The number of aliphatic hydroxyl groups is 1. The van der Waals surface area contributed by atoms with Crippen molar-refractivity contribution in [2.45, 2.75) is 24.3 Å². The lowest BCUT2D eigenvalue weighted by molar-refractivity contribution is 0.0103. The van der Waals surface area contributed by atoms with Crippen LogP contribution in [0.15, 0.2) is 48.5 Å². The highest BCUT2D eigenvalue weighted by atomic mass is 19.3. The predicted molar refractivity (Wildman–Crippen MR) is 92.2 cm³/mol. The van der Waals surface area contributed by atoms with E-state index in [1.165, 1.54) is 0 Å². The van der Waals surface area contributed by atoms with Crippen LogP contribution < -0.4 is 0 Å². The summed E-state index contributed by atoms with van der Waals surface area (Å²) in [5.74, 6) is -3.11. The topological polar surface area (TPSA) is 49.8 Å². The van der Waals surface area contributed by atoms with Gasteiger partial charge in [0.2, 0.25) is 0 Å². The number of carbonyl (C=O) groups is 1. The van der Waals surface area contributed by atoms with E-state index in [-0.39, 0.29) is 12.5 Å². The minimum Gasteiger partial charge on any atom is -0.448 e. The third-order valence-electron chi connectivity index (χ3n) is 5.16. The van der Waals surface area contributed by atoms with Gasteiger partial charge >= 0.3 is 6.09 Å². The van der Waals surface area contributed by atoms with Crippen molar-refractivity contribution >= 4 is 6.09 Å². The van der Waals surface area contributed by atoms with Crippen molar-refractivity contribution in [3.63, 3.8) is 0 Å². The van der Waals surface area contributed by atoms with Crippen LogP contribution in [0.3, 0.4) is 0 Å². The Kier molecular flexibility index (Phi) is 4.15. The maximum atomic E-state index is 13.6. The smallest absolute Gasteiger partial charge is 0.410 e. The first kappa shape index (κ1) is 17.0. The number of rotatable bonds is 3. The Morgan fingerprint density at radius 3 is 2.27 bits per heavy atom. The number of amides is 1. The Morgan fingerprint density at radius 2 is 1.69 bits per heavy atom. The van der Waals surface area contributed by atoms with Crippen LogP contribution in [0.1, 0.15) is 23.5 Å². The monoisotopic (exact) mass is 359 g/mol. The molecule has 1 aliphatic heterocycles. The van der Waals surface area contributed by atoms with Crippen molar-refractivity contribution in [3.05, 3.63) is 59.7 Å². The van der Waals surface area contributed by atoms with Crippen molar-refractivity contribution in [3.8, 4) is 11.1 Å². The normalized spacial score (nSPS) is 20.7. The number of nitrogens with zero attached hydrogens (tertiary/aromatic N) is 1. The molecule has 1 saturated heterocycles. The fourth-order valence-corrected chi connectivity index (χ4v) is 3.95. The molecule has 0 bridgehead atoms. The lowest BCUT2D eigenvalue weighted by Gasteiger charge is -2.23. The van der Waals surface area contributed by atoms with Crippen LogP contribution in [-0.4, -0.2) is 47.8 Å². The van der Waals surface area contributed by atoms with E-state index >= 15 is 0 Å². The SMILES string of the molecule is O=C(OCC1c2ccccc2-c2ccccc21)N1CC(F)(F)C[C@H]1CO. The Hall–Kier alpha value is -2.47. The van der Waals surface area contributed by atoms with Gasteiger partial charge in [0.25, 0.3) is 5.92 Å². The van der Waals surface area contributed by atoms with Crippen LogP contribution in [0.2, 0.25) is 0 Å². The molecule has 2 aliphatic rings. The van der Waals surface area contributed by atoms with Crippen molar-refractivity contribution in [2.24, 2.45) is 0 Å². The van der Waals surface area contributed by atoms with Gasteiger partial charge in [-0.15, -0.1) is 0 Å². The van der Waals surface area contributed by atoms with E-state index in [1.54, 1.807) is 0 Å². The quantitative estimate of drug-likeness (QED) is 0.910. The number of benzene rings is 2. The first-order valence-corrected chi connectivity index (χ1v) is 8.60. The van der Waals surface area contributed by atoms with Gasteiger partial charge < -0.3 is 9.84 Å². The van der Waals surface area contributed by atoms with Crippen LogP contribution in [0.25, 0.3) is 11.1 Å². The molecule has 4 nitrogen and oxygen atoms in total. The lowest BCUT2D eigenvalue weighted by atomic mass is 9.98. The maximum absolute atomic E-state index is 13.6. The molecule has 0 spiro atoms. The molecule has 1 atom stereocenters. The Bertz CT molecular complexity index is 794. The molecule has 0 aromatic heterocycles. The second kappa shape index (κ2) is 6.36. The fraction of sp³-hybridized carbons (Fsp3) is 0.350. The van der Waals surface area contributed by atoms with Gasteiger partial charge in [0.15, 0.2) is 0 Å². The number of likely N-dealkylation sites (tertiary alicyclic amines) is 1. The summed E-state index contributed by atoms with van der Waals surface area (Å²) in [5.41, 5.74) is 4.33. The van der Waals surface area contributed by atoms with E-state index in [2.05, 4.69) is 0 Å². The average Bonchev–Trinajstić information content (AvgIpc) is 3.14. The highest BCUT2D eigenvalue weighted by molar-refractivity contribution is 5.79. The van der Waals surface area contributed by atoms with Crippen molar-refractivity contribution < 1.29 is 23.4 Å². The van der Waals surface area contributed by atoms with E-state index in [0.29, 0.717) is 0 Å². The Balaban J connectivity index is 1.52. The van der Waals surface area contributed by atoms with Gasteiger partial charge in [-0.3, -0.25) is 4.90 Å². The molecule has 4 rings (SSSR count). The molecule has 2 aromatic carbocycles. The summed E-state index contributed by atoms with van der Waals surface area (Å²) in [5, 5.41) is 9.27. The minimum atomic E-state index is -2.99. The zero-order valence-corrected chi connectivity index (χ0v) is 14.1. The van der Waals surface area contributed by atoms with Crippen LogP contribution in [-0.2, 0) is 4.74 Å². The van der Waals surface area contributed by atoms with E-state index in [9.17, 15) is 18.7 Å². The standard InChI is InChI=1S/C20H19F2NO3/c21-20(22)9-13(10-24)23(12-20)19(25)26-11-18-16-7-3-1-5-14(16)15-6-2-4-8-17(15)18/h1-8,13,18,24H,9-12H2/t13-/m0/s1. The Labute approximate surface area is 150 Å². The van der Waals surface area contributed by atoms with E-state index in [0.717, 1.165) is 27.2 Å². The van der Waals surface area contributed by atoms with Crippen LogP contribution >= 0.6 is 0 Å². The van der Waals surface area contributed by atoms with Gasteiger partial charge in [0.1, 0.15) is 6.61 Å². The maximum Gasteiger partial charge on any atom is 0.410 e. The van der Waals surface area contributed by atoms with Gasteiger partial charge in [-0.25, -0.2) is 13.6 Å². The molecule has 2 aromatic rings. The molecule has 0 radical (unpaired) electrons. The summed E-state index contributed by atoms with van der Waals surface area (Å²) >= 11 is 0. The van der Waals surface area contributed by atoms with Crippen molar-refractivity contribution in [1.82, 2.24) is 4.90 Å². The van der Waals surface area contributed by atoms with Crippen LogP contribution in [0.4, 0.5) is 13.6 Å². The molecular weight excluding hydrogens is 340 g/mol. The van der Waals surface area contributed by atoms with Gasteiger partial charge in [-0.1, -0.05) is 48.5 Å². The molecular formula is C20H19F2NO3. The molecule has 0 unspecified atom stereocenters. The second-order valence-corrected chi connectivity index (χ2v) is 6.83. The highest BCUT2D eigenvalue weighted by Crippen LogP contribution is 2.44. The number of aliphatic hydroxyl groups excluding tert-OH is 1. The summed E-state index contributed by atoms with van der Waals surface area (Å²) in [6.45, 7) is -1.14. The third-order valence-corrected chi connectivity index (χ3v) is 5.16. The molecule has 1 N–H and O–H groups in total.